The molecule has 0 saturated carbocycles. The Labute approximate surface area is 188 Å². The van der Waals surface area contributed by atoms with Gasteiger partial charge in [-0.05, 0) is 45.8 Å². The third kappa shape index (κ3) is 6.57. The molecule has 0 spiro atoms. The van der Waals surface area contributed by atoms with Gasteiger partial charge < -0.3 is 20.1 Å². The summed E-state index contributed by atoms with van der Waals surface area (Å²) < 4.78 is 11.2. The maximum absolute atomic E-state index is 5.69. The van der Waals surface area contributed by atoms with Gasteiger partial charge in [-0.15, -0.1) is 0 Å². The van der Waals surface area contributed by atoms with Crippen molar-refractivity contribution in [1.29, 1.82) is 0 Å². The molecule has 2 heterocycles. The standard InChI is InChI=1S/C24H41N5O2/c1-24(2,29-14-16-31-17-15-29)19-27-23(25-3)26-18-21(28-12-8-5-9-13-28)20-10-6-7-11-22(20)30-4/h6-7,10-11,21H,5,8-9,12-19H2,1-4H3,(H2,25,26,27). The summed E-state index contributed by atoms with van der Waals surface area (Å²) in [6, 6.07) is 8.65. The second-order valence-electron chi connectivity index (χ2n) is 9.07. The van der Waals surface area contributed by atoms with Gasteiger partial charge in [-0.2, -0.15) is 0 Å². The highest BCUT2D eigenvalue weighted by Gasteiger charge is 2.29. The van der Waals surface area contributed by atoms with Crippen molar-refractivity contribution in [1.82, 2.24) is 20.4 Å². The maximum Gasteiger partial charge on any atom is 0.191 e. The highest BCUT2D eigenvalue weighted by Crippen LogP contribution is 2.30. The van der Waals surface area contributed by atoms with E-state index < -0.39 is 0 Å². The predicted molar refractivity (Wildman–Crippen MR) is 127 cm³/mol. The first-order valence-corrected chi connectivity index (χ1v) is 11.7. The number of para-hydroxylation sites is 1. The second-order valence-corrected chi connectivity index (χ2v) is 9.07. The van der Waals surface area contributed by atoms with Crippen LogP contribution in [0.1, 0.15) is 44.7 Å². The number of ether oxygens (including phenoxy) is 2. The fourth-order valence-electron chi connectivity index (χ4n) is 4.60. The average Bonchev–Trinajstić information content (AvgIpc) is 2.82. The fraction of sp³-hybridized carbons (Fsp3) is 0.708. The smallest absolute Gasteiger partial charge is 0.191 e. The van der Waals surface area contributed by atoms with Gasteiger partial charge in [0.1, 0.15) is 5.75 Å². The lowest BCUT2D eigenvalue weighted by molar-refractivity contribution is -0.00834. The molecule has 0 amide bonds. The van der Waals surface area contributed by atoms with Crippen molar-refractivity contribution in [3.63, 3.8) is 0 Å². The molecule has 1 atom stereocenters. The van der Waals surface area contributed by atoms with E-state index in [1.807, 2.05) is 13.1 Å². The minimum atomic E-state index is 0.0380. The molecule has 1 aromatic rings. The van der Waals surface area contributed by atoms with Crippen LogP contribution in [0.25, 0.3) is 0 Å². The molecule has 0 radical (unpaired) electrons. The van der Waals surface area contributed by atoms with Gasteiger partial charge in [-0.1, -0.05) is 24.6 Å². The lowest BCUT2D eigenvalue weighted by Crippen LogP contribution is -2.56. The van der Waals surface area contributed by atoms with E-state index in [9.17, 15) is 0 Å². The number of hydrogen-bond acceptors (Lipinski definition) is 5. The molecular weight excluding hydrogens is 390 g/mol. The molecular formula is C24H41N5O2. The SMILES string of the molecule is CN=C(NCC(c1ccccc1OC)N1CCCCC1)NCC(C)(C)N1CCOCC1. The predicted octanol–water partition coefficient (Wildman–Crippen LogP) is 2.50. The molecule has 0 aromatic heterocycles. The van der Waals surface area contributed by atoms with Crippen LogP contribution >= 0.6 is 0 Å². The molecule has 2 fully saturated rings. The summed E-state index contributed by atoms with van der Waals surface area (Å²) in [5.74, 6) is 1.80. The molecule has 3 rings (SSSR count). The molecule has 2 aliphatic heterocycles. The zero-order valence-corrected chi connectivity index (χ0v) is 19.8. The van der Waals surface area contributed by atoms with Gasteiger partial charge in [0.15, 0.2) is 5.96 Å². The van der Waals surface area contributed by atoms with Gasteiger partial charge >= 0.3 is 0 Å². The van der Waals surface area contributed by atoms with Gasteiger partial charge in [0.2, 0.25) is 0 Å². The molecule has 2 saturated heterocycles. The van der Waals surface area contributed by atoms with Crippen molar-refractivity contribution in [2.45, 2.75) is 44.7 Å². The third-order valence-corrected chi connectivity index (χ3v) is 6.57. The van der Waals surface area contributed by atoms with Crippen LogP contribution in [-0.2, 0) is 4.74 Å². The summed E-state index contributed by atoms with van der Waals surface area (Å²) in [7, 11) is 3.60. The molecule has 1 aromatic carbocycles. The molecule has 7 nitrogen and oxygen atoms in total. The number of benzene rings is 1. The van der Waals surface area contributed by atoms with Crippen LogP contribution in [0, 0.1) is 0 Å². The summed E-state index contributed by atoms with van der Waals surface area (Å²) in [4.78, 5) is 9.56. The van der Waals surface area contributed by atoms with E-state index in [1.54, 1.807) is 7.11 Å². The Hall–Kier alpha value is -1.83. The molecule has 2 aliphatic rings. The van der Waals surface area contributed by atoms with Crippen molar-refractivity contribution >= 4 is 5.96 Å². The highest BCUT2D eigenvalue weighted by atomic mass is 16.5. The third-order valence-electron chi connectivity index (χ3n) is 6.57. The number of methoxy groups -OCH3 is 1. The number of aliphatic imine (C=N–C) groups is 1. The zero-order chi connectivity index (χ0) is 22.1. The topological polar surface area (TPSA) is 61.4 Å². The van der Waals surface area contributed by atoms with E-state index >= 15 is 0 Å². The van der Waals surface area contributed by atoms with Crippen molar-refractivity contribution in [3.8, 4) is 5.75 Å². The van der Waals surface area contributed by atoms with E-state index in [0.29, 0.717) is 0 Å². The summed E-state index contributed by atoms with van der Waals surface area (Å²) in [6.07, 6.45) is 3.83. The first-order chi connectivity index (χ1) is 15.0. The van der Waals surface area contributed by atoms with Gasteiger partial charge in [-0.25, -0.2) is 0 Å². The Bertz CT molecular complexity index is 697. The van der Waals surface area contributed by atoms with E-state index in [1.165, 1.54) is 24.8 Å². The average molecular weight is 432 g/mol. The minimum absolute atomic E-state index is 0.0380. The van der Waals surface area contributed by atoms with Crippen LogP contribution in [0.3, 0.4) is 0 Å². The van der Waals surface area contributed by atoms with Gasteiger partial charge in [-0.3, -0.25) is 14.8 Å². The van der Waals surface area contributed by atoms with Crippen LogP contribution in [0.15, 0.2) is 29.3 Å². The molecule has 0 bridgehead atoms. The Kier molecular flexibility index (Phi) is 8.99. The number of likely N-dealkylation sites (tertiary alicyclic amines) is 1. The number of nitrogens with zero attached hydrogens (tertiary/aromatic N) is 3. The number of morpholine rings is 1. The van der Waals surface area contributed by atoms with Gasteiger partial charge in [0.25, 0.3) is 0 Å². The number of rotatable bonds is 8. The second kappa shape index (κ2) is 11.7. The van der Waals surface area contributed by atoms with Crippen molar-refractivity contribution in [3.05, 3.63) is 29.8 Å². The molecule has 2 N–H and O–H groups in total. The first-order valence-electron chi connectivity index (χ1n) is 11.7. The summed E-state index contributed by atoms with van der Waals surface area (Å²) in [6.45, 7) is 12.0. The van der Waals surface area contributed by atoms with Crippen molar-refractivity contribution in [2.75, 3.05) is 66.6 Å². The molecule has 1 unspecified atom stereocenters. The minimum Gasteiger partial charge on any atom is -0.496 e. The summed E-state index contributed by atoms with van der Waals surface area (Å²) in [5.41, 5.74) is 1.28. The van der Waals surface area contributed by atoms with Crippen LogP contribution in [0.2, 0.25) is 0 Å². The zero-order valence-electron chi connectivity index (χ0n) is 19.8. The number of guanidine groups is 1. The van der Waals surface area contributed by atoms with Gasteiger partial charge in [0, 0.05) is 44.3 Å². The molecule has 7 heteroatoms. The Morgan fingerprint density at radius 2 is 1.81 bits per heavy atom. The van der Waals surface area contributed by atoms with E-state index in [-0.39, 0.29) is 11.6 Å². The maximum atomic E-state index is 5.69. The Morgan fingerprint density at radius 3 is 2.48 bits per heavy atom. The van der Waals surface area contributed by atoms with Crippen molar-refractivity contribution < 1.29 is 9.47 Å². The normalized spacial score (nSPS) is 20.3. The lowest BCUT2D eigenvalue weighted by atomic mass is 10.0. The summed E-state index contributed by atoms with van der Waals surface area (Å²) in [5, 5.41) is 7.14. The van der Waals surface area contributed by atoms with Crippen LogP contribution < -0.4 is 15.4 Å². The highest BCUT2D eigenvalue weighted by molar-refractivity contribution is 5.79. The van der Waals surface area contributed by atoms with Crippen LogP contribution in [0.5, 0.6) is 5.75 Å². The fourth-order valence-corrected chi connectivity index (χ4v) is 4.60. The Balaban J connectivity index is 1.63. The summed E-state index contributed by atoms with van der Waals surface area (Å²) >= 11 is 0. The molecule has 0 aliphatic carbocycles. The first kappa shape index (κ1) is 23.8. The van der Waals surface area contributed by atoms with E-state index in [2.05, 4.69) is 57.5 Å². The largest absolute Gasteiger partial charge is 0.496 e. The molecule has 31 heavy (non-hydrogen) atoms. The van der Waals surface area contributed by atoms with Crippen LogP contribution in [0.4, 0.5) is 0 Å². The van der Waals surface area contributed by atoms with Gasteiger partial charge in [0.05, 0.1) is 26.4 Å². The van der Waals surface area contributed by atoms with Crippen LogP contribution in [-0.4, -0.2) is 87.9 Å². The monoisotopic (exact) mass is 431 g/mol. The van der Waals surface area contributed by atoms with E-state index in [0.717, 1.165) is 64.2 Å². The Morgan fingerprint density at radius 1 is 1.10 bits per heavy atom. The number of nitrogens with one attached hydrogen (secondary N) is 2. The number of piperidine rings is 1. The van der Waals surface area contributed by atoms with Crippen molar-refractivity contribution in [2.24, 2.45) is 4.99 Å². The number of hydrogen-bond donors (Lipinski definition) is 2. The lowest BCUT2D eigenvalue weighted by Gasteiger charge is -2.41. The quantitative estimate of drug-likeness (QED) is 0.487. The van der Waals surface area contributed by atoms with E-state index in [4.69, 9.17) is 9.47 Å². The molecule has 174 valence electrons.